The number of carbonyl (C=O) groups is 1. The quantitative estimate of drug-likeness (QED) is 0.482. The standard InChI is InChI=1S/C24H31N3O2/c1-3-24(28)25-16-8-11-23-26-21-9-4-5-10-22(21)27(23)17-6-7-18-29-20-14-12-19(2)13-15-20/h4-5,9-10,12-15H,3,6-8,11,16-18H2,1-2H3,(H,25,28). The number of ether oxygens (including phenoxy) is 1. The number of benzene rings is 2. The summed E-state index contributed by atoms with van der Waals surface area (Å²) in [5.74, 6) is 2.13. The molecule has 1 heterocycles. The molecule has 154 valence electrons. The molecular weight excluding hydrogens is 362 g/mol. The zero-order valence-electron chi connectivity index (χ0n) is 17.5. The van der Waals surface area contributed by atoms with Crippen molar-refractivity contribution in [1.29, 1.82) is 0 Å². The van der Waals surface area contributed by atoms with E-state index in [1.54, 1.807) is 0 Å². The number of carbonyl (C=O) groups excluding carboxylic acids is 1. The van der Waals surface area contributed by atoms with E-state index in [4.69, 9.17) is 9.72 Å². The summed E-state index contributed by atoms with van der Waals surface area (Å²) in [7, 11) is 0. The molecule has 0 aliphatic rings. The summed E-state index contributed by atoms with van der Waals surface area (Å²) in [6.45, 7) is 6.29. The fraction of sp³-hybridized carbons (Fsp3) is 0.417. The van der Waals surface area contributed by atoms with Gasteiger partial charge in [-0.05, 0) is 50.5 Å². The highest BCUT2D eigenvalue weighted by atomic mass is 16.5. The Labute approximate surface area is 173 Å². The van der Waals surface area contributed by atoms with Crippen molar-refractivity contribution in [2.45, 2.75) is 52.5 Å². The van der Waals surface area contributed by atoms with Gasteiger partial charge in [0, 0.05) is 25.9 Å². The minimum Gasteiger partial charge on any atom is -0.494 e. The Bertz CT molecular complexity index is 916. The van der Waals surface area contributed by atoms with Crippen LogP contribution in [0, 0.1) is 6.92 Å². The molecule has 3 aromatic rings. The van der Waals surface area contributed by atoms with Gasteiger partial charge in [0.25, 0.3) is 0 Å². The minimum atomic E-state index is 0.104. The van der Waals surface area contributed by atoms with Crippen LogP contribution in [0.25, 0.3) is 11.0 Å². The highest BCUT2D eigenvalue weighted by molar-refractivity contribution is 5.76. The van der Waals surface area contributed by atoms with Gasteiger partial charge in [-0.3, -0.25) is 4.79 Å². The van der Waals surface area contributed by atoms with Crippen LogP contribution < -0.4 is 10.1 Å². The van der Waals surface area contributed by atoms with Gasteiger partial charge in [-0.2, -0.15) is 0 Å². The first-order valence-corrected chi connectivity index (χ1v) is 10.6. The van der Waals surface area contributed by atoms with Gasteiger partial charge in [-0.1, -0.05) is 36.8 Å². The lowest BCUT2D eigenvalue weighted by Crippen LogP contribution is -2.23. The zero-order valence-corrected chi connectivity index (χ0v) is 17.5. The largest absolute Gasteiger partial charge is 0.494 e. The van der Waals surface area contributed by atoms with Crippen LogP contribution in [0.3, 0.4) is 0 Å². The second-order valence-corrected chi connectivity index (χ2v) is 7.34. The van der Waals surface area contributed by atoms with Crippen molar-refractivity contribution >= 4 is 16.9 Å². The molecule has 0 bridgehead atoms. The minimum absolute atomic E-state index is 0.104. The Morgan fingerprint density at radius 2 is 1.86 bits per heavy atom. The van der Waals surface area contributed by atoms with Crippen LogP contribution in [-0.2, 0) is 17.8 Å². The number of nitrogens with zero attached hydrogens (tertiary/aromatic N) is 2. The van der Waals surface area contributed by atoms with E-state index in [1.165, 1.54) is 11.1 Å². The maximum atomic E-state index is 11.4. The molecule has 0 saturated heterocycles. The zero-order chi connectivity index (χ0) is 20.5. The van der Waals surface area contributed by atoms with Crippen LogP contribution in [0.15, 0.2) is 48.5 Å². The molecule has 0 saturated carbocycles. The Morgan fingerprint density at radius 3 is 2.66 bits per heavy atom. The van der Waals surface area contributed by atoms with Gasteiger partial charge in [0.1, 0.15) is 11.6 Å². The number of hydrogen-bond acceptors (Lipinski definition) is 3. The lowest BCUT2D eigenvalue weighted by molar-refractivity contribution is -0.120. The molecule has 0 atom stereocenters. The number of rotatable bonds is 11. The molecule has 0 unspecified atom stereocenters. The second kappa shape index (κ2) is 10.6. The van der Waals surface area contributed by atoms with Crippen molar-refractivity contribution in [1.82, 2.24) is 14.9 Å². The second-order valence-electron chi connectivity index (χ2n) is 7.34. The van der Waals surface area contributed by atoms with Crippen LogP contribution in [0.4, 0.5) is 0 Å². The van der Waals surface area contributed by atoms with E-state index in [2.05, 4.69) is 47.1 Å². The number of aryl methyl sites for hydroxylation is 3. The van der Waals surface area contributed by atoms with E-state index < -0.39 is 0 Å². The van der Waals surface area contributed by atoms with Gasteiger partial charge < -0.3 is 14.6 Å². The Kier molecular flexibility index (Phi) is 7.68. The normalized spacial score (nSPS) is 11.0. The van der Waals surface area contributed by atoms with Crippen molar-refractivity contribution in [3.8, 4) is 5.75 Å². The maximum Gasteiger partial charge on any atom is 0.219 e. The van der Waals surface area contributed by atoms with Gasteiger partial charge in [0.15, 0.2) is 0 Å². The van der Waals surface area contributed by atoms with E-state index >= 15 is 0 Å². The number of fused-ring (bicyclic) bond motifs is 1. The monoisotopic (exact) mass is 393 g/mol. The van der Waals surface area contributed by atoms with Crippen molar-refractivity contribution in [3.05, 3.63) is 59.9 Å². The van der Waals surface area contributed by atoms with E-state index in [0.29, 0.717) is 19.6 Å². The van der Waals surface area contributed by atoms with Gasteiger partial charge in [0.05, 0.1) is 17.6 Å². The summed E-state index contributed by atoms with van der Waals surface area (Å²) in [6, 6.07) is 16.5. The Morgan fingerprint density at radius 1 is 1.07 bits per heavy atom. The lowest BCUT2D eigenvalue weighted by Gasteiger charge is -2.10. The first-order chi connectivity index (χ1) is 14.2. The van der Waals surface area contributed by atoms with Crippen LogP contribution in [-0.4, -0.2) is 28.6 Å². The molecule has 0 radical (unpaired) electrons. The number of imidazole rings is 1. The summed E-state index contributed by atoms with van der Waals surface area (Å²) in [6.07, 6.45) is 4.31. The fourth-order valence-electron chi connectivity index (χ4n) is 3.36. The first-order valence-electron chi connectivity index (χ1n) is 10.6. The number of para-hydroxylation sites is 2. The van der Waals surface area contributed by atoms with Crippen molar-refractivity contribution in [3.63, 3.8) is 0 Å². The fourth-order valence-corrected chi connectivity index (χ4v) is 3.36. The predicted molar refractivity (Wildman–Crippen MR) is 117 cm³/mol. The number of nitrogens with one attached hydrogen (secondary N) is 1. The molecule has 0 spiro atoms. The number of aromatic nitrogens is 2. The molecule has 1 aromatic heterocycles. The van der Waals surface area contributed by atoms with E-state index in [-0.39, 0.29) is 5.91 Å². The van der Waals surface area contributed by atoms with Crippen LogP contribution in [0.1, 0.15) is 44.0 Å². The number of hydrogen-bond donors (Lipinski definition) is 1. The molecule has 3 rings (SSSR count). The predicted octanol–water partition coefficient (Wildman–Crippen LogP) is 4.66. The summed E-state index contributed by atoms with van der Waals surface area (Å²) < 4.78 is 8.17. The third kappa shape index (κ3) is 6.08. The van der Waals surface area contributed by atoms with E-state index in [9.17, 15) is 4.79 Å². The average molecular weight is 394 g/mol. The van der Waals surface area contributed by atoms with Gasteiger partial charge in [0.2, 0.25) is 5.91 Å². The van der Waals surface area contributed by atoms with Crippen LogP contribution >= 0.6 is 0 Å². The number of unbranched alkanes of at least 4 members (excludes halogenated alkanes) is 1. The van der Waals surface area contributed by atoms with Crippen molar-refractivity contribution < 1.29 is 9.53 Å². The van der Waals surface area contributed by atoms with Crippen molar-refractivity contribution in [2.24, 2.45) is 0 Å². The van der Waals surface area contributed by atoms with E-state index in [1.807, 2.05) is 25.1 Å². The van der Waals surface area contributed by atoms with Gasteiger partial charge >= 0.3 is 0 Å². The van der Waals surface area contributed by atoms with Gasteiger partial charge in [-0.25, -0.2) is 4.98 Å². The SMILES string of the molecule is CCC(=O)NCCCc1nc2ccccc2n1CCCCOc1ccc(C)cc1. The summed E-state index contributed by atoms with van der Waals surface area (Å²) in [4.78, 5) is 16.2. The van der Waals surface area contributed by atoms with Crippen molar-refractivity contribution in [2.75, 3.05) is 13.2 Å². The van der Waals surface area contributed by atoms with Gasteiger partial charge in [-0.15, -0.1) is 0 Å². The highest BCUT2D eigenvalue weighted by Gasteiger charge is 2.10. The molecule has 0 aliphatic heterocycles. The van der Waals surface area contributed by atoms with Crippen LogP contribution in [0.2, 0.25) is 0 Å². The lowest BCUT2D eigenvalue weighted by atomic mass is 10.2. The summed E-state index contributed by atoms with van der Waals surface area (Å²) in [5, 5.41) is 2.94. The maximum absolute atomic E-state index is 11.4. The molecule has 0 fully saturated rings. The number of amides is 1. The third-order valence-electron chi connectivity index (χ3n) is 5.02. The third-order valence-corrected chi connectivity index (χ3v) is 5.02. The molecule has 5 heteroatoms. The molecule has 1 N–H and O–H groups in total. The average Bonchev–Trinajstić information content (AvgIpc) is 3.09. The molecular formula is C24H31N3O2. The Hall–Kier alpha value is -2.82. The molecule has 29 heavy (non-hydrogen) atoms. The Balaban J connectivity index is 1.52. The first kappa shape index (κ1) is 20.9. The van der Waals surface area contributed by atoms with E-state index in [0.717, 1.165) is 49.3 Å². The summed E-state index contributed by atoms with van der Waals surface area (Å²) >= 11 is 0. The molecule has 2 aromatic carbocycles. The highest BCUT2D eigenvalue weighted by Crippen LogP contribution is 2.18. The molecule has 5 nitrogen and oxygen atoms in total. The molecule has 0 aliphatic carbocycles. The summed E-state index contributed by atoms with van der Waals surface area (Å²) in [5.41, 5.74) is 3.46. The molecule has 1 amide bonds. The van der Waals surface area contributed by atoms with Crippen LogP contribution in [0.5, 0.6) is 5.75 Å². The smallest absolute Gasteiger partial charge is 0.219 e. The topological polar surface area (TPSA) is 56.2 Å².